The second-order valence-electron chi connectivity index (χ2n) is 4.69. The summed E-state index contributed by atoms with van der Waals surface area (Å²) in [4.78, 5) is 13.8. The lowest BCUT2D eigenvalue weighted by Crippen LogP contribution is -2.36. The zero-order valence-electron chi connectivity index (χ0n) is 11.2. The topological polar surface area (TPSA) is 20.3 Å². The van der Waals surface area contributed by atoms with Gasteiger partial charge in [-0.15, -0.1) is 11.6 Å². The van der Waals surface area contributed by atoms with Crippen molar-refractivity contribution in [3.63, 3.8) is 0 Å². The van der Waals surface area contributed by atoms with E-state index in [1.165, 1.54) is 5.56 Å². The number of carbonyl (C=O) groups excluding carboxylic acids is 1. The van der Waals surface area contributed by atoms with Gasteiger partial charge in [0.2, 0.25) is 5.91 Å². The minimum atomic E-state index is 0.212. The molecule has 0 saturated carbocycles. The standard InChI is InChI=1S/C15H22ClNO/c1-13(12-14-8-4-3-5-9-14)17(2)15(18)10-6-7-11-16/h3-5,8-9,13H,6-7,10-12H2,1-2H3/t13-/m0/s1. The van der Waals surface area contributed by atoms with Crippen LogP contribution in [0.15, 0.2) is 30.3 Å². The molecule has 18 heavy (non-hydrogen) atoms. The summed E-state index contributed by atoms with van der Waals surface area (Å²) < 4.78 is 0. The molecule has 0 heterocycles. The smallest absolute Gasteiger partial charge is 0.222 e. The number of amides is 1. The molecule has 0 aliphatic carbocycles. The summed E-state index contributed by atoms with van der Waals surface area (Å²) in [5.41, 5.74) is 1.27. The van der Waals surface area contributed by atoms with Crippen molar-refractivity contribution in [3.8, 4) is 0 Å². The minimum Gasteiger partial charge on any atom is -0.343 e. The molecule has 2 nitrogen and oxygen atoms in total. The predicted octanol–water partition coefficient (Wildman–Crippen LogP) is 3.49. The average Bonchev–Trinajstić information content (AvgIpc) is 2.39. The molecule has 0 fully saturated rings. The van der Waals surface area contributed by atoms with Gasteiger partial charge in [0.05, 0.1) is 0 Å². The number of benzene rings is 1. The Kier molecular flexibility index (Phi) is 6.81. The highest BCUT2D eigenvalue weighted by molar-refractivity contribution is 6.17. The number of nitrogens with zero attached hydrogens (tertiary/aromatic N) is 1. The molecule has 0 bridgehead atoms. The fraction of sp³-hybridized carbons (Fsp3) is 0.533. The quantitative estimate of drug-likeness (QED) is 0.547. The van der Waals surface area contributed by atoms with Gasteiger partial charge in [-0.3, -0.25) is 4.79 Å². The molecule has 0 radical (unpaired) electrons. The van der Waals surface area contributed by atoms with Crippen LogP contribution in [0.25, 0.3) is 0 Å². The first-order chi connectivity index (χ1) is 8.65. The van der Waals surface area contributed by atoms with E-state index in [-0.39, 0.29) is 11.9 Å². The highest BCUT2D eigenvalue weighted by Gasteiger charge is 2.15. The van der Waals surface area contributed by atoms with Crippen LogP contribution in [0.3, 0.4) is 0 Å². The van der Waals surface area contributed by atoms with E-state index in [1.54, 1.807) is 0 Å². The lowest BCUT2D eigenvalue weighted by Gasteiger charge is -2.25. The van der Waals surface area contributed by atoms with Crippen LogP contribution in [0, 0.1) is 0 Å². The summed E-state index contributed by atoms with van der Waals surface area (Å²) in [6, 6.07) is 10.5. The summed E-state index contributed by atoms with van der Waals surface area (Å²) in [5.74, 6) is 0.847. The van der Waals surface area contributed by atoms with E-state index in [0.29, 0.717) is 12.3 Å². The fourth-order valence-corrected chi connectivity index (χ4v) is 2.07. The van der Waals surface area contributed by atoms with Gasteiger partial charge in [0.1, 0.15) is 0 Å². The Morgan fingerprint density at radius 3 is 2.56 bits per heavy atom. The lowest BCUT2D eigenvalue weighted by molar-refractivity contribution is -0.131. The Hall–Kier alpha value is -1.02. The number of hydrogen-bond acceptors (Lipinski definition) is 1. The van der Waals surface area contributed by atoms with E-state index in [1.807, 2.05) is 30.1 Å². The van der Waals surface area contributed by atoms with Crippen LogP contribution in [0.1, 0.15) is 31.7 Å². The van der Waals surface area contributed by atoms with E-state index in [0.717, 1.165) is 19.3 Å². The highest BCUT2D eigenvalue weighted by Crippen LogP contribution is 2.09. The molecule has 1 amide bonds. The van der Waals surface area contributed by atoms with Crippen LogP contribution < -0.4 is 0 Å². The Bertz CT molecular complexity index is 353. The van der Waals surface area contributed by atoms with Gasteiger partial charge in [0, 0.05) is 25.4 Å². The van der Waals surface area contributed by atoms with Crippen LogP contribution in [-0.4, -0.2) is 29.8 Å². The molecule has 1 aromatic carbocycles. The zero-order chi connectivity index (χ0) is 13.4. The van der Waals surface area contributed by atoms with Crippen molar-refractivity contribution in [2.75, 3.05) is 12.9 Å². The summed E-state index contributed by atoms with van der Waals surface area (Å²) >= 11 is 5.61. The van der Waals surface area contributed by atoms with Gasteiger partial charge in [-0.1, -0.05) is 30.3 Å². The summed E-state index contributed by atoms with van der Waals surface area (Å²) in [7, 11) is 1.89. The van der Waals surface area contributed by atoms with Crippen molar-refractivity contribution < 1.29 is 4.79 Å². The van der Waals surface area contributed by atoms with Gasteiger partial charge < -0.3 is 4.90 Å². The van der Waals surface area contributed by atoms with Gasteiger partial charge in [-0.2, -0.15) is 0 Å². The highest BCUT2D eigenvalue weighted by atomic mass is 35.5. The second kappa shape index (κ2) is 8.15. The molecule has 0 saturated heterocycles. The van der Waals surface area contributed by atoms with Crippen LogP contribution >= 0.6 is 11.6 Å². The fourth-order valence-electron chi connectivity index (χ4n) is 1.89. The van der Waals surface area contributed by atoms with Gasteiger partial charge in [-0.25, -0.2) is 0 Å². The van der Waals surface area contributed by atoms with Gasteiger partial charge in [0.25, 0.3) is 0 Å². The van der Waals surface area contributed by atoms with Crippen molar-refractivity contribution in [1.82, 2.24) is 4.90 Å². The Balaban J connectivity index is 2.40. The number of hydrogen-bond donors (Lipinski definition) is 0. The van der Waals surface area contributed by atoms with Crippen LogP contribution in [0.2, 0.25) is 0 Å². The number of unbranched alkanes of at least 4 members (excludes halogenated alkanes) is 1. The van der Waals surface area contributed by atoms with Gasteiger partial charge in [-0.05, 0) is 31.7 Å². The third kappa shape index (κ3) is 5.09. The summed E-state index contributed by atoms with van der Waals surface area (Å²) in [5, 5.41) is 0. The summed E-state index contributed by atoms with van der Waals surface area (Å²) in [6.07, 6.45) is 3.29. The maximum absolute atomic E-state index is 11.9. The second-order valence-corrected chi connectivity index (χ2v) is 5.07. The van der Waals surface area contributed by atoms with E-state index in [9.17, 15) is 4.79 Å². The number of likely N-dealkylation sites (N-methyl/N-ethyl adjacent to an activating group) is 1. The van der Waals surface area contributed by atoms with E-state index < -0.39 is 0 Å². The van der Waals surface area contributed by atoms with Crippen molar-refractivity contribution in [3.05, 3.63) is 35.9 Å². The van der Waals surface area contributed by atoms with E-state index >= 15 is 0 Å². The number of alkyl halides is 1. The minimum absolute atomic E-state index is 0.212. The third-order valence-corrected chi connectivity index (χ3v) is 3.47. The zero-order valence-corrected chi connectivity index (χ0v) is 12.0. The average molecular weight is 268 g/mol. The molecule has 0 aliphatic rings. The molecular formula is C15H22ClNO. The monoisotopic (exact) mass is 267 g/mol. The van der Waals surface area contributed by atoms with Crippen molar-refractivity contribution >= 4 is 17.5 Å². The first-order valence-corrected chi connectivity index (χ1v) is 7.04. The van der Waals surface area contributed by atoms with Gasteiger partial charge in [0.15, 0.2) is 0 Å². The molecule has 100 valence electrons. The van der Waals surface area contributed by atoms with Crippen LogP contribution in [0.5, 0.6) is 0 Å². The number of carbonyl (C=O) groups is 1. The molecule has 0 aliphatic heterocycles. The number of halogens is 1. The molecule has 1 aromatic rings. The third-order valence-electron chi connectivity index (χ3n) is 3.20. The Morgan fingerprint density at radius 1 is 1.28 bits per heavy atom. The predicted molar refractivity (Wildman–Crippen MR) is 76.9 cm³/mol. The van der Waals surface area contributed by atoms with Crippen molar-refractivity contribution in [1.29, 1.82) is 0 Å². The van der Waals surface area contributed by atoms with Crippen molar-refractivity contribution in [2.45, 2.75) is 38.6 Å². The SMILES string of the molecule is C[C@@H](Cc1ccccc1)N(C)C(=O)CCCCCl. The summed E-state index contributed by atoms with van der Waals surface area (Å²) in [6.45, 7) is 2.09. The normalized spacial score (nSPS) is 12.2. The number of rotatable bonds is 7. The first kappa shape index (κ1) is 15.0. The largest absolute Gasteiger partial charge is 0.343 e. The maximum atomic E-state index is 11.9. The molecule has 0 N–H and O–H groups in total. The van der Waals surface area contributed by atoms with E-state index in [2.05, 4.69) is 19.1 Å². The maximum Gasteiger partial charge on any atom is 0.222 e. The lowest BCUT2D eigenvalue weighted by atomic mass is 10.1. The molecular weight excluding hydrogens is 246 g/mol. The molecule has 0 spiro atoms. The van der Waals surface area contributed by atoms with E-state index in [4.69, 9.17) is 11.6 Å². The molecule has 1 atom stereocenters. The first-order valence-electron chi connectivity index (χ1n) is 6.50. The molecule has 0 aromatic heterocycles. The van der Waals surface area contributed by atoms with Crippen LogP contribution in [0.4, 0.5) is 0 Å². The van der Waals surface area contributed by atoms with Gasteiger partial charge >= 0.3 is 0 Å². The Labute approximate surface area is 115 Å². The van der Waals surface area contributed by atoms with Crippen LogP contribution in [-0.2, 0) is 11.2 Å². The Morgan fingerprint density at radius 2 is 1.94 bits per heavy atom. The van der Waals surface area contributed by atoms with Crippen molar-refractivity contribution in [2.24, 2.45) is 0 Å². The molecule has 0 unspecified atom stereocenters. The molecule has 3 heteroatoms. The molecule has 1 rings (SSSR count).